The molecule has 1 aromatic carbocycles. The van der Waals surface area contributed by atoms with E-state index in [0.29, 0.717) is 11.8 Å². The first-order chi connectivity index (χ1) is 8.54. The van der Waals surface area contributed by atoms with Crippen molar-refractivity contribution >= 4 is 11.0 Å². The van der Waals surface area contributed by atoms with Crippen LogP contribution in [0.15, 0.2) is 22.6 Å². The molecular formula is C16H23NO. The molecule has 18 heavy (non-hydrogen) atoms. The number of rotatable bonds is 4. The summed E-state index contributed by atoms with van der Waals surface area (Å²) in [7, 11) is 1.96. The van der Waals surface area contributed by atoms with Gasteiger partial charge in [0, 0.05) is 10.9 Å². The van der Waals surface area contributed by atoms with Gasteiger partial charge < -0.3 is 9.73 Å². The predicted molar refractivity (Wildman–Crippen MR) is 77.2 cm³/mol. The van der Waals surface area contributed by atoms with Crippen LogP contribution in [0, 0.1) is 0 Å². The van der Waals surface area contributed by atoms with Crippen LogP contribution in [-0.4, -0.2) is 7.05 Å². The van der Waals surface area contributed by atoms with Gasteiger partial charge in [-0.2, -0.15) is 0 Å². The first-order valence-electron chi connectivity index (χ1n) is 6.74. The van der Waals surface area contributed by atoms with Gasteiger partial charge in [0.05, 0.1) is 6.54 Å². The molecule has 2 aromatic rings. The quantitative estimate of drug-likeness (QED) is 0.863. The molecule has 2 nitrogen and oxygen atoms in total. The lowest BCUT2D eigenvalue weighted by Crippen LogP contribution is -2.06. The molecule has 0 spiro atoms. The average molecular weight is 245 g/mol. The summed E-state index contributed by atoms with van der Waals surface area (Å²) in [4.78, 5) is 0. The third-order valence-electron chi connectivity index (χ3n) is 3.41. The Hall–Kier alpha value is -1.28. The second-order valence-corrected chi connectivity index (χ2v) is 5.53. The fraction of sp³-hybridized carbons (Fsp3) is 0.500. The highest BCUT2D eigenvalue weighted by atomic mass is 16.3. The number of hydrogen-bond donors (Lipinski definition) is 1. The van der Waals surface area contributed by atoms with Gasteiger partial charge in [-0.1, -0.05) is 33.8 Å². The van der Waals surface area contributed by atoms with Crippen molar-refractivity contribution in [2.45, 2.75) is 46.1 Å². The van der Waals surface area contributed by atoms with Gasteiger partial charge in [0.1, 0.15) is 11.3 Å². The fourth-order valence-electron chi connectivity index (χ4n) is 2.47. The lowest BCUT2D eigenvalue weighted by molar-refractivity contribution is 0.520. The van der Waals surface area contributed by atoms with Gasteiger partial charge >= 0.3 is 0 Å². The molecular weight excluding hydrogens is 222 g/mol. The molecule has 0 saturated carbocycles. The maximum absolute atomic E-state index is 5.97. The summed E-state index contributed by atoms with van der Waals surface area (Å²) in [6, 6.07) is 6.57. The molecule has 0 amide bonds. The molecule has 0 atom stereocenters. The van der Waals surface area contributed by atoms with E-state index in [9.17, 15) is 0 Å². The van der Waals surface area contributed by atoms with Crippen molar-refractivity contribution in [2.24, 2.45) is 0 Å². The van der Waals surface area contributed by atoms with E-state index >= 15 is 0 Å². The summed E-state index contributed by atoms with van der Waals surface area (Å²) in [5.41, 5.74) is 3.73. The van der Waals surface area contributed by atoms with Crippen LogP contribution in [0.25, 0.3) is 11.0 Å². The summed E-state index contributed by atoms with van der Waals surface area (Å²) < 4.78 is 5.97. The Morgan fingerprint density at radius 2 is 1.83 bits per heavy atom. The maximum Gasteiger partial charge on any atom is 0.134 e. The monoisotopic (exact) mass is 245 g/mol. The minimum Gasteiger partial charge on any atom is -0.459 e. The van der Waals surface area contributed by atoms with E-state index in [-0.39, 0.29) is 0 Å². The molecule has 2 rings (SSSR count). The standard InChI is InChI=1S/C16H23NO/c1-10(2)12-6-7-14-13(8-12)16(11(3)4)15(18-14)9-17-5/h6-8,10-11,17H,9H2,1-5H3. The number of nitrogens with one attached hydrogen (secondary N) is 1. The summed E-state index contributed by atoms with van der Waals surface area (Å²) in [5.74, 6) is 2.11. The zero-order chi connectivity index (χ0) is 13.3. The van der Waals surface area contributed by atoms with Crippen LogP contribution in [-0.2, 0) is 6.54 Å². The van der Waals surface area contributed by atoms with E-state index in [2.05, 4.69) is 51.2 Å². The Kier molecular flexibility index (Phi) is 3.76. The van der Waals surface area contributed by atoms with Crippen molar-refractivity contribution in [3.05, 3.63) is 35.1 Å². The lowest BCUT2D eigenvalue weighted by atomic mass is 9.95. The van der Waals surface area contributed by atoms with E-state index in [0.717, 1.165) is 17.9 Å². The second-order valence-electron chi connectivity index (χ2n) is 5.53. The van der Waals surface area contributed by atoms with Gasteiger partial charge in [-0.25, -0.2) is 0 Å². The summed E-state index contributed by atoms with van der Waals surface area (Å²) in [6.07, 6.45) is 0. The van der Waals surface area contributed by atoms with Crippen LogP contribution < -0.4 is 5.32 Å². The Labute approximate surface area is 109 Å². The third-order valence-corrected chi connectivity index (χ3v) is 3.41. The van der Waals surface area contributed by atoms with Crippen molar-refractivity contribution in [1.29, 1.82) is 0 Å². The molecule has 0 bridgehead atoms. The highest BCUT2D eigenvalue weighted by Crippen LogP contribution is 2.33. The molecule has 2 heteroatoms. The van der Waals surface area contributed by atoms with Gasteiger partial charge in [-0.15, -0.1) is 0 Å². The van der Waals surface area contributed by atoms with Gasteiger partial charge in [0.2, 0.25) is 0 Å². The Bertz CT molecular complexity index is 537. The first kappa shape index (κ1) is 13.2. The smallest absolute Gasteiger partial charge is 0.134 e. The molecule has 0 radical (unpaired) electrons. The van der Waals surface area contributed by atoms with Gasteiger partial charge in [-0.05, 0) is 36.6 Å². The molecule has 98 valence electrons. The zero-order valence-corrected chi connectivity index (χ0v) is 12.0. The molecule has 0 unspecified atom stereocenters. The predicted octanol–water partition coefficient (Wildman–Crippen LogP) is 4.40. The molecule has 0 saturated heterocycles. The normalized spacial score (nSPS) is 11.9. The van der Waals surface area contributed by atoms with Crippen LogP contribution in [0.3, 0.4) is 0 Å². The summed E-state index contributed by atoms with van der Waals surface area (Å²) in [5, 5.41) is 4.46. The number of hydrogen-bond acceptors (Lipinski definition) is 2. The number of fused-ring (bicyclic) bond motifs is 1. The Balaban J connectivity index is 2.63. The van der Waals surface area contributed by atoms with E-state index in [4.69, 9.17) is 4.42 Å². The zero-order valence-electron chi connectivity index (χ0n) is 12.0. The minimum atomic E-state index is 0.483. The largest absolute Gasteiger partial charge is 0.459 e. The molecule has 1 heterocycles. The average Bonchev–Trinajstić information content (AvgIpc) is 2.66. The van der Waals surface area contributed by atoms with Crippen LogP contribution in [0.5, 0.6) is 0 Å². The van der Waals surface area contributed by atoms with Crippen LogP contribution in [0.1, 0.15) is 56.4 Å². The molecule has 0 aliphatic heterocycles. The van der Waals surface area contributed by atoms with Crippen molar-refractivity contribution in [3.63, 3.8) is 0 Å². The van der Waals surface area contributed by atoms with Gasteiger partial charge in [0.25, 0.3) is 0 Å². The maximum atomic E-state index is 5.97. The summed E-state index contributed by atoms with van der Waals surface area (Å²) in [6.45, 7) is 9.70. The van der Waals surface area contributed by atoms with Crippen LogP contribution in [0.4, 0.5) is 0 Å². The van der Waals surface area contributed by atoms with E-state index < -0.39 is 0 Å². The summed E-state index contributed by atoms with van der Waals surface area (Å²) >= 11 is 0. The topological polar surface area (TPSA) is 25.2 Å². The van der Waals surface area contributed by atoms with Crippen molar-refractivity contribution in [3.8, 4) is 0 Å². The van der Waals surface area contributed by atoms with E-state index in [1.165, 1.54) is 16.5 Å². The lowest BCUT2D eigenvalue weighted by Gasteiger charge is -2.08. The Morgan fingerprint density at radius 1 is 1.11 bits per heavy atom. The third kappa shape index (κ3) is 2.30. The molecule has 0 aliphatic rings. The van der Waals surface area contributed by atoms with Crippen LogP contribution >= 0.6 is 0 Å². The minimum absolute atomic E-state index is 0.483. The Morgan fingerprint density at radius 3 is 2.39 bits per heavy atom. The highest BCUT2D eigenvalue weighted by molar-refractivity contribution is 5.83. The van der Waals surface area contributed by atoms with Gasteiger partial charge in [0.15, 0.2) is 0 Å². The molecule has 0 aliphatic carbocycles. The SMILES string of the molecule is CNCc1oc2ccc(C(C)C)cc2c1C(C)C. The molecule has 1 aromatic heterocycles. The highest BCUT2D eigenvalue weighted by Gasteiger charge is 2.17. The fourth-order valence-corrected chi connectivity index (χ4v) is 2.47. The van der Waals surface area contributed by atoms with Crippen molar-refractivity contribution in [1.82, 2.24) is 5.32 Å². The van der Waals surface area contributed by atoms with Gasteiger partial charge in [-0.3, -0.25) is 0 Å². The van der Waals surface area contributed by atoms with E-state index in [1.807, 2.05) is 7.05 Å². The van der Waals surface area contributed by atoms with Crippen LogP contribution in [0.2, 0.25) is 0 Å². The second kappa shape index (κ2) is 5.15. The molecule has 1 N–H and O–H groups in total. The first-order valence-corrected chi connectivity index (χ1v) is 6.74. The number of benzene rings is 1. The van der Waals surface area contributed by atoms with E-state index in [1.54, 1.807) is 0 Å². The number of furan rings is 1. The van der Waals surface area contributed by atoms with Crippen molar-refractivity contribution < 1.29 is 4.42 Å². The van der Waals surface area contributed by atoms with Crippen molar-refractivity contribution in [2.75, 3.05) is 7.05 Å². The molecule has 0 fully saturated rings.